The van der Waals surface area contributed by atoms with Crippen LogP contribution in [0.5, 0.6) is 0 Å². The molecule has 2 aliphatic rings. The first-order valence-corrected chi connectivity index (χ1v) is 9.85. The Morgan fingerprint density at radius 3 is 2.27 bits per heavy atom. The number of piperazine rings is 1. The molecule has 0 aromatic rings. The second-order valence-electron chi connectivity index (χ2n) is 7.90. The van der Waals surface area contributed by atoms with E-state index in [0.717, 1.165) is 65.0 Å². The molecule has 0 saturated carbocycles. The van der Waals surface area contributed by atoms with Crippen LogP contribution in [0.3, 0.4) is 0 Å². The van der Waals surface area contributed by atoms with Gasteiger partial charge in [0.05, 0.1) is 6.54 Å². The molecule has 2 aliphatic heterocycles. The summed E-state index contributed by atoms with van der Waals surface area (Å²) in [5, 5.41) is 16.5. The molecule has 1 atom stereocenters. The summed E-state index contributed by atoms with van der Waals surface area (Å²) in [6.07, 6.45) is 4.32. The predicted octanol–water partition coefficient (Wildman–Crippen LogP) is 1.53. The average Bonchev–Trinajstić information content (AvgIpc) is 2.60. The molecule has 0 aromatic carbocycles. The summed E-state index contributed by atoms with van der Waals surface area (Å²) in [6, 6.07) is 0.376. The van der Waals surface area contributed by atoms with E-state index >= 15 is 0 Å². The smallest absolute Gasteiger partial charge is 0.317 e. The molecule has 0 radical (unpaired) electrons. The molecule has 0 aromatic heterocycles. The summed E-state index contributed by atoms with van der Waals surface area (Å²) in [6.45, 7) is 9.17. The van der Waals surface area contributed by atoms with Crippen LogP contribution in [0.4, 0.5) is 0 Å². The van der Waals surface area contributed by atoms with Crippen molar-refractivity contribution in [3.63, 3.8) is 0 Å². The van der Waals surface area contributed by atoms with Gasteiger partial charge in [-0.2, -0.15) is 0 Å². The van der Waals surface area contributed by atoms with E-state index in [1.807, 2.05) is 16.7 Å². The molecule has 0 spiro atoms. The Kier molecular flexibility index (Phi) is 8.03. The Bertz CT molecular complexity index is 495. The zero-order chi connectivity index (χ0) is 19.1. The van der Waals surface area contributed by atoms with E-state index in [-0.39, 0.29) is 12.5 Å². The van der Waals surface area contributed by atoms with E-state index < -0.39 is 5.97 Å². The molecule has 26 heavy (non-hydrogen) atoms. The second kappa shape index (κ2) is 10.0. The van der Waals surface area contributed by atoms with Crippen molar-refractivity contribution in [3.8, 4) is 0 Å². The summed E-state index contributed by atoms with van der Waals surface area (Å²) in [5.41, 5.74) is 0.713. The Balaban J connectivity index is 1.64. The van der Waals surface area contributed by atoms with E-state index in [2.05, 4.69) is 11.8 Å². The van der Waals surface area contributed by atoms with Crippen LogP contribution in [0.25, 0.3) is 0 Å². The van der Waals surface area contributed by atoms with Crippen molar-refractivity contribution in [2.45, 2.75) is 52.0 Å². The molecule has 2 heterocycles. The quantitative estimate of drug-likeness (QED) is 0.636. The Morgan fingerprint density at radius 1 is 1.12 bits per heavy atom. The number of nitrogens with zero attached hydrogens (tertiary/aromatic N) is 3. The fourth-order valence-corrected chi connectivity index (χ4v) is 4.09. The van der Waals surface area contributed by atoms with Crippen LogP contribution in [-0.2, 0) is 9.59 Å². The van der Waals surface area contributed by atoms with Crippen LogP contribution >= 0.6 is 0 Å². The van der Waals surface area contributed by atoms with Gasteiger partial charge in [0.2, 0.25) is 5.91 Å². The van der Waals surface area contributed by atoms with E-state index in [1.54, 1.807) is 0 Å². The Hall–Kier alpha value is -1.47. The fourth-order valence-electron chi connectivity index (χ4n) is 4.09. The molecule has 1 amide bonds. The maximum absolute atomic E-state index is 12.5. The van der Waals surface area contributed by atoms with Crippen molar-refractivity contribution in [3.05, 3.63) is 0 Å². The summed E-state index contributed by atoms with van der Waals surface area (Å²) in [5.74, 6) is 0.0391. The molecule has 7 heteroatoms. The number of rotatable bonds is 8. The summed E-state index contributed by atoms with van der Waals surface area (Å²) >= 11 is 0. The third-order valence-corrected chi connectivity index (χ3v) is 5.72. The molecule has 148 valence electrons. The van der Waals surface area contributed by atoms with Gasteiger partial charge in [-0.15, -0.1) is 0 Å². The van der Waals surface area contributed by atoms with Crippen molar-refractivity contribution in [1.29, 1.82) is 5.41 Å². The minimum Gasteiger partial charge on any atom is -0.480 e. The van der Waals surface area contributed by atoms with Crippen molar-refractivity contribution in [1.82, 2.24) is 14.7 Å². The van der Waals surface area contributed by atoms with Gasteiger partial charge >= 0.3 is 5.97 Å². The zero-order valence-electron chi connectivity index (χ0n) is 16.2. The minimum absolute atomic E-state index is 0.131. The predicted molar refractivity (Wildman–Crippen MR) is 102 cm³/mol. The SMILES string of the molecule is CC(=N)CC(C)N1CCN(C(=O)CCC2CCN(CC(=O)O)CC2)CC1. The molecule has 7 nitrogen and oxygen atoms in total. The highest BCUT2D eigenvalue weighted by atomic mass is 16.4. The number of hydrogen-bond acceptors (Lipinski definition) is 5. The largest absolute Gasteiger partial charge is 0.480 e. The highest BCUT2D eigenvalue weighted by molar-refractivity contribution is 5.79. The lowest BCUT2D eigenvalue weighted by Crippen LogP contribution is -2.51. The number of piperidine rings is 1. The van der Waals surface area contributed by atoms with Crippen molar-refractivity contribution >= 4 is 17.6 Å². The molecular formula is C19H34N4O3. The summed E-state index contributed by atoms with van der Waals surface area (Å²) in [7, 11) is 0. The number of carboxylic acids is 1. The Morgan fingerprint density at radius 2 is 1.73 bits per heavy atom. The molecule has 2 saturated heterocycles. The van der Waals surface area contributed by atoms with E-state index in [0.29, 0.717) is 24.1 Å². The Labute approximate surface area is 156 Å². The fraction of sp³-hybridized carbons (Fsp3) is 0.842. The first-order valence-electron chi connectivity index (χ1n) is 9.85. The van der Waals surface area contributed by atoms with Gasteiger partial charge in [-0.25, -0.2) is 0 Å². The topological polar surface area (TPSA) is 87.9 Å². The van der Waals surface area contributed by atoms with Crippen molar-refractivity contribution in [2.75, 3.05) is 45.8 Å². The maximum atomic E-state index is 12.5. The number of carbonyl (C=O) groups is 2. The van der Waals surface area contributed by atoms with Crippen LogP contribution in [0.15, 0.2) is 0 Å². The number of amides is 1. The van der Waals surface area contributed by atoms with Gasteiger partial charge in [-0.1, -0.05) is 0 Å². The molecule has 2 fully saturated rings. The lowest BCUT2D eigenvalue weighted by molar-refractivity contribution is -0.138. The van der Waals surface area contributed by atoms with E-state index in [9.17, 15) is 9.59 Å². The molecule has 2 N–H and O–H groups in total. The van der Waals surface area contributed by atoms with Crippen LogP contribution in [-0.4, -0.2) is 89.2 Å². The maximum Gasteiger partial charge on any atom is 0.317 e. The summed E-state index contributed by atoms with van der Waals surface area (Å²) in [4.78, 5) is 29.6. The third kappa shape index (κ3) is 6.68. The van der Waals surface area contributed by atoms with E-state index in [4.69, 9.17) is 10.5 Å². The first kappa shape index (κ1) is 20.8. The van der Waals surface area contributed by atoms with Gasteiger partial charge in [0.25, 0.3) is 0 Å². The molecular weight excluding hydrogens is 332 g/mol. The van der Waals surface area contributed by atoms with Crippen LogP contribution in [0.1, 0.15) is 46.0 Å². The molecule has 2 rings (SSSR count). The third-order valence-electron chi connectivity index (χ3n) is 5.72. The van der Waals surface area contributed by atoms with Crippen LogP contribution < -0.4 is 0 Å². The number of carboxylic acid groups (broad SMARTS) is 1. The molecule has 0 aliphatic carbocycles. The molecule has 1 unspecified atom stereocenters. The van der Waals surface area contributed by atoms with Crippen LogP contribution in [0, 0.1) is 11.3 Å². The minimum atomic E-state index is -0.761. The number of hydrogen-bond donors (Lipinski definition) is 2. The van der Waals surface area contributed by atoms with Gasteiger partial charge in [-0.3, -0.25) is 19.4 Å². The van der Waals surface area contributed by atoms with Gasteiger partial charge in [0.1, 0.15) is 0 Å². The highest BCUT2D eigenvalue weighted by Gasteiger charge is 2.26. The van der Waals surface area contributed by atoms with Crippen LogP contribution in [0.2, 0.25) is 0 Å². The summed E-state index contributed by atoms with van der Waals surface area (Å²) < 4.78 is 0. The van der Waals surface area contributed by atoms with Gasteiger partial charge in [-0.05, 0) is 52.1 Å². The number of nitrogens with one attached hydrogen (secondary N) is 1. The van der Waals surface area contributed by atoms with E-state index in [1.165, 1.54) is 0 Å². The normalized spacial score (nSPS) is 21.5. The molecule has 0 bridgehead atoms. The number of carbonyl (C=O) groups excluding carboxylic acids is 1. The average molecular weight is 367 g/mol. The standard InChI is InChI=1S/C19H34N4O3/c1-15(20)13-16(2)22-9-11-23(12-10-22)18(24)4-3-17-5-7-21(8-6-17)14-19(25)26/h16-17,20H,3-14H2,1-2H3,(H,25,26). The van der Waals surface area contributed by atoms with Gasteiger partial charge < -0.3 is 15.4 Å². The van der Waals surface area contributed by atoms with Gasteiger partial charge in [0.15, 0.2) is 0 Å². The van der Waals surface area contributed by atoms with Crippen molar-refractivity contribution < 1.29 is 14.7 Å². The zero-order valence-corrected chi connectivity index (χ0v) is 16.2. The monoisotopic (exact) mass is 366 g/mol. The number of likely N-dealkylation sites (tertiary alicyclic amines) is 1. The van der Waals surface area contributed by atoms with Gasteiger partial charge in [0, 0.05) is 50.8 Å². The highest BCUT2D eigenvalue weighted by Crippen LogP contribution is 2.22. The lowest BCUT2D eigenvalue weighted by atomic mass is 9.92. The van der Waals surface area contributed by atoms with Crippen molar-refractivity contribution in [2.24, 2.45) is 5.92 Å². The number of aliphatic carboxylic acids is 1. The first-order chi connectivity index (χ1) is 12.3. The lowest BCUT2D eigenvalue weighted by Gasteiger charge is -2.38. The second-order valence-corrected chi connectivity index (χ2v) is 7.90.